The zero-order chi connectivity index (χ0) is 24.5. The molecule has 0 saturated carbocycles. The van der Waals surface area contributed by atoms with Crippen molar-refractivity contribution in [3.8, 4) is 11.5 Å². The minimum Gasteiger partial charge on any atom is -0.497 e. The Morgan fingerprint density at radius 3 is 1.65 bits per heavy atom. The molecule has 0 spiro atoms. The first-order valence-electron chi connectivity index (χ1n) is 10.6. The highest BCUT2D eigenvalue weighted by atomic mass is 32.2. The Labute approximate surface area is 198 Å². The summed E-state index contributed by atoms with van der Waals surface area (Å²) >= 11 is 0. The quantitative estimate of drug-likeness (QED) is 0.479. The van der Waals surface area contributed by atoms with E-state index in [1.54, 1.807) is 14.2 Å². The highest BCUT2D eigenvalue weighted by Crippen LogP contribution is 2.39. The van der Waals surface area contributed by atoms with Crippen LogP contribution >= 0.6 is 0 Å². The number of nitrogens with zero attached hydrogens (tertiary/aromatic N) is 1. The number of methoxy groups -OCH3 is 2. The third-order valence-corrected chi connectivity index (χ3v) is 7.10. The van der Waals surface area contributed by atoms with Gasteiger partial charge in [0, 0.05) is 25.4 Å². The van der Waals surface area contributed by atoms with E-state index in [9.17, 15) is 17.2 Å². The molecular weight excluding hydrogens is 460 g/mol. The van der Waals surface area contributed by atoms with E-state index in [-0.39, 0.29) is 16.5 Å². The van der Waals surface area contributed by atoms with E-state index in [1.807, 2.05) is 48.5 Å². The van der Waals surface area contributed by atoms with Gasteiger partial charge in [0.25, 0.3) is 0 Å². The molecule has 0 amide bonds. The van der Waals surface area contributed by atoms with Gasteiger partial charge in [0.15, 0.2) is 9.84 Å². The van der Waals surface area contributed by atoms with E-state index < -0.39 is 21.5 Å². The van der Waals surface area contributed by atoms with Gasteiger partial charge in [0.2, 0.25) is 0 Å². The fraction of sp³-hybridized carbons (Fsp3) is 0.231. The Morgan fingerprint density at radius 1 is 0.824 bits per heavy atom. The Kier molecular flexibility index (Phi) is 6.72. The number of sulfone groups is 1. The van der Waals surface area contributed by atoms with E-state index >= 15 is 0 Å². The lowest BCUT2D eigenvalue weighted by atomic mass is 9.92. The predicted molar refractivity (Wildman–Crippen MR) is 128 cm³/mol. The zero-order valence-corrected chi connectivity index (χ0v) is 19.9. The minimum absolute atomic E-state index is 0.0228. The Hall–Kier alpha value is -3.23. The van der Waals surface area contributed by atoms with Crippen molar-refractivity contribution in [1.82, 2.24) is 4.90 Å². The number of benzene rings is 3. The first kappa shape index (κ1) is 23.9. The lowest BCUT2D eigenvalue weighted by Crippen LogP contribution is -2.44. The predicted octanol–water partition coefficient (Wildman–Crippen LogP) is 4.84. The SMILES string of the molecule is COc1ccc(C(c2ccc(OC)cc2)N2CC(=C(c3cc(F)cc(F)c3)S(C)(=O)=O)C2)cc1. The molecule has 4 rings (SSSR count). The molecule has 0 unspecified atom stereocenters. The van der Waals surface area contributed by atoms with E-state index in [1.165, 1.54) is 0 Å². The van der Waals surface area contributed by atoms with Crippen LogP contribution < -0.4 is 9.47 Å². The van der Waals surface area contributed by atoms with Crippen molar-refractivity contribution < 1.29 is 26.7 Å². The molecule has 8 heteroatoms. The molecule has 0 N–H and O–H groups in total. The van der Waals surface area contributed by atoms with Crippen LogP contribution in [0.3, 0.4) is 0 Å². The summed E-state index contributed by atoms with van der Waals surface area (Å²) in [4.78, 5) is 2.09. The number of likely N-dealkylation sites (tertiary alicyclic amines) is 1. The summed E-state index contributed by atoms with van der Waals surface area (Å²) in [6.07, 6.45) is 1.06. The highest BCUT2D eigenvalue weighted by molar-refractivity contribution is 8.00. The molecule has 1 fully saturated rings. The van der Waals surface area contributed by atoms with Gasteiger partial charge in [0.05, 0.1) is 25.2 Å². The van der Waals surface area contributed by atoms with Gasteiger partial charge in [0.1, 0.15) is 23.1 Å². The zero-order valence-electron chi connectivity index (χ0n) is 19.1. The first-order chi connectivity index (χ1) is 16.2. The maximum absolute atomic E-state index is 13.8. The third-order valence-electron chi connectivity index (χ3n) is 5.83. The van der Waals surface area contributed by atoms with Gasteiger partial charge >= 0.3 is 0 Å². The smallest absolute Gasteiger partial charge is 0.176 e. The molecule has 1 aliphatic heterocycles. The molecular formula is C26H25F2NO4S. The van der Waals surface area contributed by atoms with Crippen molar-refractivity contribution in [2.24, 2.45) is 0 Å². The normalized spacial score (nSPS) is 14.1. The van der Waals surface area contributed by atoms with Crippen LogP contribution in [0.1, 0.15) is 22.7 Å². The minimum atomic E-state index is -3.72. The Morgan fingerprint density at radius 2 is 1.26 bits per heavy atom. The molecule has 0 aromatic heterocycles. The highest BCUT2D eigenvalue weighted by Gasteiger charge is 2.35. The number of hydrogen-bond acceptors (Lipinski definition) is 5. The molecule has 1 saturated heterocycles. The summed E-state index contributed by atoms with van der Waals surface area (Å²) in [6.45, 7) is 0.673. The van der Waals surface area contributed by atoms with E-state index in [2.05, 4.69) is 4.90 Å². The van der Waals surface area contributed by atoms with Crippen LogP contribution in [0.25, 0.3) is 4.91 Å². The Balaban J connectivity index is 1.73. The van der Waals surface area contributed by atoms with Gasteiger partial charge in [-0.05, 0) is 58.7 Å². The molecule has 34 heavy (non-hydrogen) atoms. The summed E-state index contributed by atoms with van der Waals surface area (Å²) in [6, 6.07) is 18.0. The second-order valence-electron chi connectivity index (χ2n) is 8.22. The van der Waals surface area contributed by atoms with Crippen LogP contribution in [-0.2, 0) is 9.84 Å². The summed E-state index contributed by atoms with van der Waals surface area (Å²) in [5.41, 5.74) is 2.64. The van der Waals surface area contributed by atoms with Crippen molar-refractivity contribution >= 4 is 14.7 Å². The lowest BCUT2D eigenvalue weighted by Gasteiger charge is -2.42. The van der Waals surface area contributed by atoms with Crippen LogP contribution in [-0.4, -0.2) is 46.9 Å². The molecule has 0 aliphatic carbocycles. The average molecular weight is 486 g/mol. The van der Waals surface area contributed by atoms with Crippen LogP contribution in [0.2, 0.25) is 0 Å². The second-order valence-corrected chi connectivity index (χ2v) is 10.2. The van der Waals surface area contributed by atoms with Crippen LogP contribution in [0.4, 0.5) is 8.78 Å². The second kappa shape index (κ2) is 9.56. The molecule has 0 radical (unpaired) electrons. The molecule has 3 aromatic rings. The monoisotopic (exact) mass is 485 g/mol. The molecule has 1 heterocycles. The molecule has 3 aromatic carbocycles. The summed E-state index contributed by atoms with van der Waals surface area (Å²) in [5, 5.41) is 0. The molecule has 0 bridgehead atoms. The van der Waals surface area contributed by atoms with Crippen molar-refractivity contribution in [2.45, 2.75) is 6.04 Å². The van der Waals surface area contributed by atoms with Gasteiger partial charge in [-0.1, -0.05) is 24.3 Å². The summed E-state index contributed by atoms with van der Waals surface area (Å²) in [5.74, 6) is -0.174. The topological polar surface area (TPSA) is 55.8 Å². The van der Waals surface area contributed by atoms with E-state index in [0.717, 1.165) is 47.1 Å². The van der Waals surface area contributed by atoms with Crippen molar-refractivity contribution in [2.75, 3.05) is 33.6 Å². The van der Waals surface area contributed by atoms with Gasteiger partial charge < -0.3 is 9.47 Å². The maximum atomic E-state index is 13.8. The molecule has 178 valence electrons. The average Bonchev–Trinajstić information content (AvgIpc) is 2.76. The maximum Gasteiger partial charge on any atom is 0.176 e. The fourth-order valence-electron chi connectivity index (χ4n) is 4.32. The van der Waals surface area contributed by atoms with Gasteiger partial charge in [-0.2, -0.15) is 0 Å². The van der Waals surface area contributed by atoms with E-state index in [4.69, 9.17) is 9.47 Å². The number of rotatable bonds is 7. The van der Waals surface area contributed by atoms with Gasteiger partial charge in [-0.3, -0.25) is 4.90 Å². The number of hydrogen-bond donors (Lipinski definition) is 0. The summed E-state index contributed by atoms with van der Waals surface area (Å²) in [7, 11) is -0.518. The molecule has 1 aliphatic rings. The first-order valence-corrected chi connectivity index (χ1v) is 12.5. The van der Waals surface area contributed by atoms with E-state index in [0.29, 0.717) is 18.7 Å². The molecule has 0 atom stereocenters. The van der Waals surface area contributed by atoms with Gasteiger partial charge in [-0.25, -0.2) is 17.2 Å². The van der Waals surface area contributed by atoms with Gasteiger partial charge in [-0.15, -0.1) is 0 Å². The lowest BCUT2D eigenvalue weighted by molar-refractivity contribution is 0.203. The molecule has 5 nitrogen and oxygen atoms in total. The van der Waals surface area contributed by atoms with Crippen LogP contribution in [0.5, 0.6) is 11.5 Å². The standard InChI is InChI=1S/C26H25F2NO4S/c1-32-23-8-4-17(5-9-23)25(18-6-10-24(33-2)11-7-18)29-15-20(16-29)26(34(3,30)31)19-12-21(27)14-22(28)13-19/h4-14,25H,15-16H2,1-3H3. The van der Waals surface area contributed by atoms with Crippen LogP contribution in [0.15, 0.2) is 72.3 Å². The van der Waals surface area contributed by atoms with Crippen LogP contribution in [0, 0.1) is 11.6 Å². The number of halogens is 2. The summed E-state index contributed by atoms with van der Waals surface area (Å²) < 4.78 is 63.4. The number of ether oxygens (including phenoxy) is 2. The van der Waals surface area contributed by atoms with Crippen molar-refractivity contribution in [3.63, 3.8) is 0 Å². The largest absolute Gasteiger partial charge is 0.497 e. The fourth-order valence-corrected chi connectivity index (χ4v) is 5.52. The van der Waals surface area contributed by atoms with Crippen molar-refractivity contribution in [3.05, 3.63) is 101 Å². The Bertz CT molecular complexity index is 1240. The van der Waals surface area contributed by atoms with Crippen molar-refractivity contribution in [1.29, 1.82) is 0 Å². The third kappa shape index (κ3) is 4.98.